The van der Waals surface area contributed by atoms with Crippen LogP contribution in [0.25, 0.3) is 0 Å². The summed E-state index contributed by atoms with van der Waals surface area (Å²) in [5.41, 5.74) is 5.74. The molecule has 2 N–H and O–H groups in total. The normalized spacial score (nSPS) is 10.2. The lowest BCUT2D eigenvalue weighted by Gasteiger charge is -2.17. The van der Waals surface area contributed by atoms with E-state index in [9.17, 15) is 9.59 Å². The van der Waals surface area contributed by atoms with Crippen LogP contribution in [0.3, 0.4) is 0 Å². The summed E-state index contributed by atoms with van der Waals surface area (Å²) in [6, 6.07) is 1.61. The van der Waals surface area contributed by atoms with E-state index in [1.165, 1.54) is 22.6 Å². The van der Waals surface area contributed by atoms with E-state index in [0.29, 0.717) is 23.6 Å². The van der Waals surface area contributed by atoms with Crippen molar-refractivity contribution in [2.75, 3.05) is 20.7 Å². The number of ether oxygens (including phenoxy) is 1. The zero-order valence-electron chi connectivity index (χ0n) is 12.5. The Bertz CT molecular complexity index is 585. The Morgan fingerprint density at radius 1 is 1.52 bits per heavy atom. The van der Waals surface area contributed by atoms with Gasteiger partial charge in [-0.2, -0.15) is 0 Å². The number of nitrogens with zero attached hydrogens (tertiary/aromatic N) is 3. The highest BCUT2D eigenvalue weighted by Crippen LogP contribution is 2.06. The molecular formula is C13H20N4O3S. The van der Waals surface area contributed by atoms with Crippen molar-refractivity contribution in [2.45, 2.75) is 26.3 Å². The highest BCUT2D eigenvalue weighted by atomic mass is 32.1. The van der Waals surface area contributed by atoms with Crippen LogP contribution in [0.5, 0.6) is 6.01 Å². The monoisotopic (exact) mass is 312 g/mol. The largest absolute Gasteiger partial charge is 0.468 e. The van der Waals surface area contributed by atoms with E-state index in [1.54, 1.807) is 14.0 Å². The number of aryl methyl sites for hydroxylation is 1. The van der Waals surface area contributed by atoms with Crippen LogP contribution in [-0.2, 0) is 11.3 Å². The van der Waals surface area contributed by atoms with Crippen LogP contribution < -0.4 is 16.0 Å². The summed E-state index contributed by atoms with van der Waals surface area (Å²) in [4.78, 5) is 29.9. The number of nitrogens with two attached hydrogens (primary N) is 1. The number of hydrogen-bond acceptors (Lipinski definition) is 5. The summed E-state index contributed by atoms with van der Waals surface area (Å²) in [7, 11) is 3.11. The molecule has 7 nitrogen and oxygen atoms in total. The number of thiocarbonyl (C=S) groups is 1. The van der Waals surface area contributed by atoms with Crippen molar-refractivity contribution in [2.24, 2.45) is 5.73 Å². The van der Waals surface area contributed by atoms with Gasteiger partial charge >= 0.3 is 0 Å². The molecule has 0 spiro atoms. The molecule has 0 unspecified atom stereocenters. The Hall–Kier alpha value is -1.96. The van der Waals surface area contributed by atoms with Gasteiger partial charge < -0.3 is 15.4 Å². The summed E-state index contributed by atoms with van der Waals surface area (Å²) < 4.78 is 6.41. The van der Waals surface area contributed by atoms with Gasteiger partial charge in [-0.3, -0.25) is 14.2 Å². The minimum atomic E-state index is -0.238. The number of methoxy groups -OCH3 is 1. The molecule has 116 valence electrons. The zero-order valence-corrected chi connectivity index (χ0v) is 13.3. The number of aromatic nitrogens is 2. The van der Waals surface area contributed by atoms with Gasteiger partial charge in [0, 0.05) is 44.7 Å². The minimum Gasteiger partial charge on any atom is -0.468 e. The lowest BCUT2D eigenvalue weighted by atomic mass is 10.3. The van der Waals surface area contributed by atoms with Gasteiger partial charge in [0.25, 0.3) is 11.6 Å². The molecule has 0 aromatic carbocycles. The molecule has 0 saturated heterocycles. The number of carbonyl (C=O) groups is 1. The summed E-state index contributed by atoms with van der Waals surface area (Å²) in [6.07, 6.45) is 0.655. The molecule has 0 fully saturated rings. The number of rotatable bonds is 7. The number of amides is 1. The quantitative estimate of drug-likeness (QED) is 0.717. The van der Waals surface area contributed by atoms with E-state index >= 15 is 0 Å². The van der Waals surface area contributed by atoms with Crippen molar-refractivity contribution in [3.63, 3.8) is 0 Å². The van der Waals surface area contributed by atoms with Crippen LogP contribution in [0.2, 0.25) is 0 Å². The Morgan fingerprint density at radius 2 is 2.19 bits per heavy atom. The molecule has 0 bridgehead atoms. The first kappa shape index (κ1) is 17.1. The van der Waals surface area contributed by atoms with Gasteiger partial charge in [-0.25, -0.2) is 4.98 Å². The maximum atomic E-state index is 12.0. The van der Waals surface area contributed by atoms with Gasteiger partial charge in [0.2, 0.25) is 5.91 Å². The highest BCUT2D eigenvalue weighted by Gasteiger charge is 2.12. The molecular weight excluding hydrogens is 292 g/mol. The maximum absolute atomic E-state index is 12.0. The van der Waals surface area contributed by atoms with E-state index in [0.717, 1.165) is 0 Å². The van der Waals surface area contributed by atoms with Crippen LogP contribution >= 0.6 is 12.2 Å². The van der Waals surface area contributed by atoms with Crippen LogP contribution in [-0.4, -0.2) is 46.0 Å². The number of carbonyl (C=O) groups excluding carboxylic acids is 1. The van der Waals surface area contributed by atoms with Crippen molar-refractivity contribution in [3.05, 3.63) is 22.1 Å². The smallest absolute Gasteiger partial charge is 0.299 e. The van der Waals surface area contributed by atoms with Gasteiger partial charge in [0.1, 0.15) is 0 Å². The van der Waals surface area contributed by atoms with E-state index in [-0.39, 0.29) is 30.4 Å². The molecule has 1 rings (SSSR count). The second-order valence-electron chi connectivity index (χ2n) is 4.66. The van der Waals surface area contributed by atoms with Crippen LogP contribution in [0.1, 0.15) is 18.5 Å². The van der Waals surface area contributed by atoms with Gasteiger partial charge in [-0.05, 0) is 6.92 Å². The Kier molecular flexibility index (Phi) is 6.29. The number of hydrogen-bond donors (Lipinski definition) is 1. The third-order valence-electron chi connectivity index (χ3n) is 2.95. The van der Waals surface area contributed by atoms with Crippen molar-refractivity contribution in [1.82, 2.24) is 14.5 Å². The van der Waals surface area contributed by atoms with E-state index in [4.69, 9.17) is 22.7 Å². The predicted octanol–water partition coefficient (Wildman–Crippen LogP) is 0.0850. The minimum absolute atomic E-state index is 0.0965. The van der Waals surface area contributed by atoms with Crippen LogP contribution in [0, 0.1) is 6.92 Å². The zero-order chi connectivity index (χ0) is 16.0. The average Bonchev–Trinajstić information content (AvgIpc) is 2.42. The highest BCUT2D eigenvalue weighted by molar-refractivity contribution is 7.80. The molecule has 0 aliphatic rings. The fraction of sp³-hybridized carbons (Fsp3) is 0.538. The molecule has 8 heteroatoms. The predicted molar refractivity (Wildman–Crippen MR) is 83.4 cm³/mol. The van der Waals surface area contributed by atoms with Crippen molar-refractivity contribution >= 4 is 23.1 Å². The lowest BCUT2D eigenvalue weighted by Crippen LogP contribution is -2.32. The molecule has 0 saturated carbocycles. The summed E-state index contributed by atoms with van der Waals surface area (Å²) >= 11 is 4.77. The maximum Gasteiger partial charge on any atom is 0.299 e. The Morgan fingerprint density at radius 3 is 2.76 bits per heavy atom. The SMILES string of the molecule is COc1nc(C)cc(=O)n1CCC(=O)N(C)CCC(N)=S. The molecule has 0 aliphatic heterocycles. The summed E-state index contributed by atoms with van der Waals surface area (Å²) in [6.45, 7) is 2.39. The molecule has 1 heterocycles. The first-order chi connectivity index (χ1) is 9.85. The molecule has 0 atom stereocenters. The second-order valence-corrected chi connectivity index (χ2v) is 5.18. The lowest BCUT2D eigenvalue weighted by molar-refractivity contribution is -0.130. The molecule has 1 aromatic heterocycles. The van der Waals surface area contributed by atoms with E-state index < -0.39 is 0 Å². The topological polar surface area (TPSA) is 90.4 Å². The van der Waals surface area contributed by atoms with Gasteiger partial charge in [0.15, 0.2) is 0 Å². The molecule has 0 aliphatic carbocycles. The van der Waals surface area contributed by atoms with Crippen molar-refractivity contribution in [3.8, 4) is 6.01 Å². The molecule has 1 amide bonds. The third-order valence-corrected chi connectivity index (χ3v) is 3.16. The summed E-state index contributed by atoms with van der Waals surface area (Å²) in [5, 5.41) is 0. The Labute approximate surface area is 128 Å². The standard InChI is InChI=1S/C13H20N4O3S/c1-9-8-12(19)17(13(15-9)20-3)7-5-11(18)16(2)6-4-10(14)21/h8H,4-7H2,1-3H3,(H2,14,21). The van der Waals surface area contributed by atoms with Gasteiger partial charge in [-0.1, -0.05) is 12.2 Å². The third kappa shape index (κ3) is 5.14. The van der Waals surface area contributed by atoms with E-state index in [2.05, 4.69) is 4.98 Å². The van der Waals surface area contributed by atoms with Crippen LogP contribution in [0.15, 0.2) is 10.9 Å². The Balaban J connectivity index is 2.69. The summed E-state index contributed by atoms with van der Waals surface area (Å²) in [5.74, 6) is -0.0965. The average molecular weight is 312 g/mol. The molecule has 0 radical (unpaired) electrons. The van der Waals surface area contributed by atoms with Crippen molar-refractivity contribution < 1.29 is 9.53 Å². The molecule has 1 aromatic rings. The second kappa shape index (κ2) is 7.72. The fourth-order valence-corrected chi connectivity index (χ4v) is 1.85. The van der Waals surface area contributed by atoms with Gasteiger partial charge in [0.05, 0.1) is 12.1 Å². The van der Waals surface area contributed by atoms with E-state index in [1.807, 2.05) is 0 Å². The first-order valence-corrected chi connectivity index (χ1v) is 6.90. The molecule has 21 heavy (non-hydrogen) atoms. The fourth-order valence-electron chi connectivity index (χ4n) is 1.76. The van der Waals surface area contributed by atoms with Crippen LogP contribution in [0.4, 0.5) is 0 Å². The van der Waals surface area contributed by atoms with Crippen molar-refractivity contribution in [1.29, 1.82) is 0 Å². The first-order valence-electron chi connectivity index (χ1n) is 6.50. The van der Waals surface area contributed by atoms with Gasteiger partial charge in [-0.15, -0.1) is 0 Å².